The number of nitrogen functional groups attached to an aromatic ring is 1. The fourth-order valence-corrected chi connectivity index (χ4v) is 3.20. The SMILES string of the molecule is Nc1cccc(N2CCN(C3CCCC3)CC2)n1. The molecule has 1 aliphatic carbocycles. The summed E-state index contributed by atoms with van der Waals surface area (Å²) in [6.07, 6.45) is 5.64. The lowest BCUT2D eigenvalue weighted by atomic mass is 10.2. The Morgan fingerprint density at radius 3 is 2.44 bits per heavy atom. The molecule has 0 spiro atoms. The quantitative estimate of drug-likeness (QED) is 0.863. The van der Waals surface area contributed by atoms with Gasteiger partial charge < -0.3 is 10.6 Å². The molecule has 2 fully saturated rings. The van der Waals surface area contributed by atoms with Gasteiger partial charge >= 0.3 is 0 Å². The van der Waals surface area contributed by atoms with Gasteiger partial charge in [0.2, 0.25) is 0 Å². The summed E-state index contributed by atoms with van der Waals surface area (Å²) in [6, 6.07) is 6.74. The number of hydrogen-bond acceptors (Lipinski definition) is 4. The molecule has 0 amide bonds. The van der Waals surface area contributed by atoms with Crippen LogP contribution in [0.3, 0.4) is 0 Å². The summed E-state index contributed by atoms with van der Waals surface area (Å²) >= 11 is 0. The van der Waals surface area contributed by atoms with Crippen LogP contribution >= 0.6 is 0 Å². The Morgan fingerprint density at radius 2 is 1.78 bits per heavy atom. The molecular weight excluding hydrogens is 224 g/mol. The molecule has 3 rings (SSSR count). The molecule has 98 valence electrons. The van der Waals surface area contributed by atoms with E-state index in [1.807, 2.05) is 12.1 Å². The first-order valence-corrected chi connectivity index (χ1v) is 7.04. The summed E-state index contributed by atoms with van der Waals surface area (Å²) in [6.45, 7) is 4.49. The second-order valence-electron chi connectivity index (χ2n) is 5.38. The van der Waals surface area contributed by atoms with Crippen molar-refractivity contribution in [1.82, 2.24) is 9.88 Å². The molecule has 0 aromatic carbocycles. The monoisotopic (exact) mass is 246 g/mol. The van der Waals surface area contributed by atoms with Crippen LogP contribution < -0.4 is 10.6 Å². The Morgan fingerprint density at radius 1 is 1.06 bits per heavy atom. The number of aromatic nitrogens is 1. The summed E-state index contributed by atoms with van der Waals surface area (Å²) in [7, 11) is 0. The minimum Gasteiger partial charge on any atom is -0.384 e. The van der Waals surface area contributed by atoms with Gasteiger partial charge in [-0.3, -0.25) is 4.90 Å². The maximum Gasteiger partial charge on any atom is 0.131 e. The Bertz CT molecular complexity index is 393. The molecular formula is C14H22N4. The van der Waals surface area contributed by atoms with Crippen LogP contribution in [0.4, 0.5) is 11.6 Å². The molecule has 4 heteroatoms. The Hall–Kier alpha value is -1.29. The molecule has 2 aliphatic rings. The van der Waals surface area contributed by atoms with Crippen LogP contribution in [0.25, 0.3) is 0 Å². The summed E-state index contributed by atoms with van der Waals surface area (Å²) in [5.41, 5.74) is 5.74. The molecule has 1 aliphatic heterocycles. The molecule has 0 unspecified atom stereocenters. The highest BCUT2D eigenvalue weighted by atomic mass is 15.3. The van der Waals surface area contributed by atoms with E-state index < -0.39 is 0 Å². The third kappa shape index (κ3) is 2.43. The van der Waals surface area contributed by atoms with E-state index in [0.717, 1.165) is 24.9 Å². The predicted octanol–water partition coefficient (Wildman–Crippen LogP) is 1.73. The number of piperazine rings is 1. The van der Waals surface area contributed by atoms with Gasteiger partial charge in [-0.2, -0.15) is 0 Å². The highest BCUT2D eigenvalue weighted by molar-refractivity contribution is 5.45. The fourth-order valence-electron chi connectivity index (χ4n) is 3.20. The number of pyridine rings is 1. The van der Waals surface area contributed by atoms with Crippen molar-refractivity contribution in [3.63, 3.8) is 0 Å². The van der Waals surface area contributed by atoms with Crippen molar-refractivity contribution in [2.75, 3.05) is 36.8 Å². The molecule has 1 aromatic heterocycles. The lowest BCUT2D eigenvalue weighted by Crippen LogP contribution is -2.50. The molecule has 4 nitrogen and oxygen atoms in total. The van der Waals surface area contributed by atoms with Crippen LogP contribution in [0, 0.1) is 0 Å². The van der Waals surface area contributed by atoms with Crippen molar-refractivity contribution in [3.05, 3.63) is 18.2 Å². The minimum absolute atomic E-state index is 0.616. The zero-order valence-corrected chi connectivity index (χ0v) is 10.9. The zero-order chi connectivity index (χ0) is 12.4. The van der Waals surface area contributed by atoms with Crippen LogP contribution in [0.15, 0.2) is 18.2 Å². The van der Waals surface area contributed by atoms with Crippen LogP contribution in [0.5, 0.6) is 0 Å². The van der Waals surface area contributed by atoms with E-state index in [1.54, 1.807) is 0 Å². The van der Waals surface area contributed by atoms with E-state index in [4.69, 9.17) is 5.73 Å². The molecule has 1 aromatic rings. The van der Waals surface area contributed by atoms with E-state index >= 15 is 0 Å². The van der Waals surface area contributed by atoms with E-state index in [0.29, 0.717) is 5.82 Å². The summed E-state index contributed by atoms with van der Waals surface area (Å²) in [5, 5.41) is 0. The Balaban J connectivity index is 1.59. The third-order valence-corrected chi connectivity index (χ3v) is 4.24. The molecule has 0 bridgehead atoms. The molecule has 1 saturated heterocycles. The van der Waals surface area contributed by atoms with Crippen molar-refractivity contribution in [2.24, 2.45) is 0 Å². The van der Waals surface area contributed by atoms with E-state index in [9.17, 15) is 0 Å². The number of hydrogen-bond donors (Lipinski definition) is 1. The predicted molar refractivity (Wildman–Crippen MR) is 74.7 cm³/mol. The minimum atomic E-state index is 0.616. The van der Waals surface area contributed by atoms with Gasteiger partial charge in [0.25, 0.3) is 0 Å². The van der Waals surface area contributed by atoms with E-state index in [1.165, 1.54) is 38.8 Å². The Kier molecular flexibility index (Phi) is 3.37. The number of nitrogens with zero attached hydrogens (tertiary/aromatic N) is 3. The highest BCUT2D eigenvalue weighted by Gasteiger charge is 2.26. The lowest BCUT2D eigenvalue weighted by Gasteiger charge is -2.38. The molecule has 18 heavy (non-hydrogen) atoms. The second-order valence-corrected chi connectivity index (χ2v) is 5.38. The average Bonchev–Trinajstić information content (AvgIpc) is 2.93. The van der Waals surface area contributed by atoms with Gasteiger partial charge in [0.05, 0.1) is 0 Å². The molecule has 1 saturated carbocycles. The zero-order valence-electron chi connectivity index (χ0n) is 10.9. The van der Waals surface area contributed by atoms with Crippen LogP contribution in [0.2, 0.25) is 0 Å². The van der Waals surface area contributed by atoms with Crippen molar-refractivity contribution in [3.8, 4) is 0 Å². The first-order valence-electron chi connectivity index (χ1n) is 7.04. The largest absolute Gasteiger partial charge is 0.384 e. The van der Waals surface area contributed by atoms with Gasteiger partial charge in [0, 0.05) is 32.2 Å². The van der Waals surface area contributed by atoms with Crippen molar-refractivity contribution in [1.29, 1.82) is 0 Å². The summed E-state index contributed by atoms with van der Waals surface area (Å²) in [5.74, 6) is 1.65. The van der Waals surface area contributed by atoms with Crippen molar-refractivity contribution in [2.45, 2.75) is 31.7 Å². The maximum absolute atomic E-state index is 5.74. The second kappa shape index (κ2) is 5.14. The smallest absolute Gasteiger partial charge is 0.131 e. The van der Waals surface area contributed by atoms with Gasteiger partial charge in [-0.05, 0) is 25.0 Å². The molecule has 2 N–H and O–H groups in total. The van der Waals surface area contributed by atoms with Gasteiger partial charge in [-0.25, -0.2) is 4.98 Å². The number of anilines is 2. The summed E-state index contributed by atoms with van der Waals surface area (Å²) in [4.78, 5) is 9.42. The number of nitrogens with two attached hydrogens (primary N) is 1. The summed E-state index contributed by atoms with van der Waals surface area (Å²) < 4.78 is 0. The van der Waals surface area contributed by atoms with E-state index in [2.05, 4.69) is 20.9 Å². The van der Waals surface area contributed by atoms with Gasteiger partial charge in [0.1, 0.15) is 11.6 Å². The standard InChI is InChI=1S/C14H22N4/c15-13-6-3-7-14(16-13)18-10-8-17(9-11-18)12-4-1-2-5-12/h3,6-7,12H,1-2,4-5,8-11H2,(H2,15,16). The van der Waals surface area contributed by atoms with Crippen molar-refractivity contribution < 1.29 is 0 Å². The average molecular weight is 246 g/mol. The molecule has 0 atom stereocenters. The first-order chi connectivity index (χ1) is 8.83. The Labute approximate surface area is 109 Å². The van der Waals surface area contributed by atoms with Gasteiger partial charge in [-0.1, -0.05) is 18.9 Å². The normalized spacial score (nSPS) is 22.6. The molecule has 2 heterocycles. The third-order valence-electron chi connectivity index (χ3n) is 4.24. The van der Waals surface area contributed by atoms with Crippen LogP contribution in [-0.4, -0.2) is 42.1 Å². The van der Waals surface area contributed by atoms with E-state index in [-0.39, 0.29) is 0 Å². The lowest BCUT2D eigenvalue weighted by molar-refractivity contribution is 0.187. The maximum atomic E-state index is 5.74. The van der Waals surface area contributed by atoms with Gasteiger partial charge in [0.15, 0.2) is 0 Å². The fraction of sp³-hybridized carbons (Fsp3) is 0.643. The first kappa shape index (κ1) is 11.8. The van der Waals surface area contributed by atoms with Crippen molar-refractivity contribution >= 4 is 11.6 Å². The topological polar surface area (TPSA) is 45.4 Å². The highest BCUT2D eigenvalue weighted by Crippen LogP contribution is 2.25. The van der Waals surface area contributed by atoms with Crippen LogP contribution in [0.1, 0.15) is 25.7 Å². The van der Waals surface area contributed by atoms with Crippen LogP contribution in [-0.2, 0) is 0 Å². The van der Waals surface area contributed by atoms with Gasteiger partial charge in [-0.15, -0.1) is 0 Å². The number of rotatable bonds is 2. The molecule has 0 radical (unpaired) electrons.